The number of anilines is 1. The number of benzene rings is 3. The Morgan fingerprint density at radius 2 is 1.50 bits per heavy atom. The second-order valence-electron chi connectivity index (χ2n) is 8.63. The van der Waals surface area contributed by atoms with Crippen LogP contribution in [-0.2, 0) is 16.4 Å². The first-order chi connectivity index (χ1) is 16.4. The molecule has 6 nitrogen and oxygen atoms in total. The van der Waals surface area contributed by atoms with E-state index in [0.717, 1.165) is 38.9 Å². The van der Waals surface area contributed by atoms with Gasteiger partial charge in [0, 0.05) is 32.7 Å². The summed E-state index contributed by atoms with van der Waals surface area (Å²) >= 11 is 0. The summed E-state index contributed by atoms with van der Waals surface area (Å²) in [5.74, 6) is -0.344. The number of hydrogen-bond acceptors (Lipinski definition) is 4. The molecular formula is C27H31N3O3S. The number of amides is 1. The summed E-state index contributed by atoms with van der Waals surface area (Å²) in [7, 11) is -2.38. The van der Waals surface area contributed by atoms with Gasteiger partial charge in [-0.05, 0) is 49.1 Å². The minimum atomic E-state index is -3.89. The monoisotopic (exact) mass is 477 g/mol. The van der Waals surface area contributed by atoms with Gasteiger partial charge in [0.1, 0.15) is 4.90 Å². The second-order valence-corrected chi connectivity index (χ2v) is 10.6. The summed E-state index contributed by atoms with van der Waals surface area (Å²) in [6.07, 6.45) is 2.71. The predicted molar refractivity (Wildman–Crippen MR) is 136 cm³/mol. The van der Waals surface area contributed by atoms with E-state index < -0.39 is 10.0 Å². The fourth-order valence-electron chi connectivity index (χ4n) is 4.30. The van der Waals surface area contributed by atoms with Crippen LogP contribution in [0.3, 0.4) is 0 Å². The number of rotatable bonds is 8. The third kappa shape index (κ3) is 5.66. The molecule has 0 aromatic heterocycles. The number of para-hydroxylation sites is 1. The van der Waals surface area contributed by atoms with E-state index >= 15 is 0 Å². The minimum Gasteiger partial charge on any atom is -0.349 e. The summed E-state index contributed by atoms with van der Waals surface area (Å²) in [4.78, 5) is 15.6. The molecule has 0 unspecified atom stereocenters. The Hall–Kier alpha value is -3.16. The lowest BCUT2D eigenvalue weighted by atomic mass is 10.0. The third-order valence-electron chi connectivity index (χ3n) is 6.37. The van der Waals surface area contributed by atoms with E-state index in [1.165, 1.54) is 23.0 Å². The van der Waals surface area contributed by atoms with Crippen LogP contribution in [0.2, 0.25) is 0 Å². The number of nitrogens with zero attached hydrogens (tertiary/aromatic N) is 2. The Morgan fingerprint density at radius 3 is 2.18 bits per heavy atom. The number of carbonyl (C=O) groups is 1. The third-order valence-corrected chi connectivity index (χ3v) is 8.22. The lowest BCUT2D eigenvalue weighted by molar-refractivity contribution is 0.0908. The molecule has 1 N–H and O–H groups in total. The van der Waals surface area contributed by atoms with Crippen LogP contribution in [0, 0.1) is 0 Å². The van der Waals surface area contributed by atoms with Crippen LogP contribution in [0.5, 0.6) is 0 Å². The molecule has 0 atom stereocenters. The van der Waals surface area contributed by atoms with E-state index in [0.29, 0.717) is 5.69 Å². The minimum absolute atomic E-state index is 0.0131. The average molecular weight is 478 g/mol. The Kier molecular flexibility index (Phi) is 7.65. The highest BCUT2D eigenvalue weighted by molar-refractivity contribution is 7.92. The van der Waals surface area contributed by atoms with Gasteiger partial charge < -0.3 is 10.2 Å². The Morgan fingerprint density at radius 1 is 0.912 bits per heavy atom. The largest absolute Gasteiger partial charge is 0.349 e. The molecule has 178 valence electrons. The molecule has 1 saturated heterocycles. The van der Waals surface area contributed by atoms with Gasteiger partial charge in [0.2, 0.25) is 0 Å². The van der Waals surface area contributed by atoms with Crippen molar-refractivity contribution in [2.45, 2.75) is 30.2 Å². The molecule has 3 aromatic carbocycles. The zero-order chi connectivity index (χ0) is 24.0. The lowest BCUT2D eigenvalue weighted by Crippen LogP contribution is -2.45. The van der Waals surface area contributed by atoms with Gasteiger partial charge in [-0.2, -0.15) is 0 Å². The molecule has 0 aliphatic carbocycles. The molecule has 0 radical (unpaired) electrons. The predicted octanol–water partition coefficient (Wildman–Crippen LogP) is 3.95. The topological polar surface area (TPSA) is 69.7 Å². The van der Waals surface area contributed by atoms with Crippen molar-refractivity contribution >= 4 is 21.6 Å². The second kappa shape index (κ2) is 10.8. The van der Waals surface area contributed by atoms with E-state index in [2.05, 4.69) is 34.5 Å². The molecule has 0 spiro atoms. The molecular weight excluding hydrogens is 446 g/mol. The maximum absolute atomic E-state index is 13.3. The first-order valence-electron chi connectivity index (χ1n) is 11.7. The summed E-state index contributed by atoms with van der Waals surface area (Å²) in [6, 6.07) is 25.8. The molecule has 3 aromatic rings. The highest BCUT2D eigenvalue weighted by atomic mass is 32.2. The number of carbonyl (C=O) groups excluding carboxylic acids is 1. The molecule has 1 heterocycles. The first-order valence-corrected chi connectivity index (χ1v) is 13.1. The quantitative estimate of drug-likeness (QED) is 0.533. The van der Waals surface area contributed by atoms with Crippen LogP contribution in [0.1, 0.15) is 28.8 Å². The van der Waals surface area contributed by atoms with Gasteiger partial charge in [0.05, 0.1) is 11.3 Å². The fourth-order valence-corrected chi connectivity index (χ4v) is 5.68. The van der Waals surface area contributed by atoms with Crippen molar-refractivity contribution < 1.29 is 13.2 Å². The van der Waals surface area contributed by atoms with Crippen LogP contribution >= 0.6 is 0 Å². The number of hydrogen-bond donors (Lipinski definition) is 1. The van der Waals surface area contributed by atoms with Crippen molar-refractivity contribution in [1.82, 2.24) is 10.2 Å². The SMILES string of the molecule is CN(c1ccccc1)S(=O)(=O)c1ccccc1C(=O)NC1CCN(CCc2ccccc2)CC1. The smallest absolute Gasteiger partial charge is 0.264 e. The van der Waals surface area contributed by atoms with Gasteiger partial charge >= 0.3 is 0 Å². The Labute approximate surface area is 202 Å². The molecule has 4 rings (SSSR count). The molecule has 1 fully saturated rings. The summed E-state index contributed by atoms with van der Waals surface area (Å²) in [6.45, 7) is 2.82. The van der Waals surface area contributed by atoms with E-state index in [-0.39, 0.29) is 22.4 Å². The van der Waals surface area contributed by atoms with Crippen molar-refractivity contribution in [1.29, 1.82) is 0 Å². The Bertz CT molecular complexity index is 1190. The van der Waals surface area contributed by atoms with Crippen molar-refractivity contribution in [2.75, 3.05) is 31.0 Å². The van der Waals surface area contributed by atoms with Crippen LogP contribution in [0.4, 0.5) is 5.69 Å². The molecule has 34 heavy (non-hydrogen) atoms. The van der Waals surface area contributed by atoms with Gasteiger partial charge in [-0.3, -0.25) is 9.10 Å². The maximum Gasteiger partial charge on any atom is 0.264 e. The van der Waals surface area contributed by atoms with Gasteiger partial charge in [0.25, 0.3) is 15.9 Å². The zero-order valence-corrected chi connectivity index (χ0v) is 20.2. The van der Waals surface area contributed by atoms with Gasteiger partial charge in [-0.25, -0.2) is 8.42 Å². The summed E-state index contributed by atoms with van der Waals surface area (Å²) in [5, 5.41) is 3.07. The standard InChI is InChI=1S/C27H31N3O3S/c1-29(24-12-6-3-7-13-24)34(32,33)26-15-9-8-14-25(26)27(31)28-23-17-20-30(21-18-23)19-16-22-10-4-2-5-11-22/h2-15,23H,16-21H2,1H3,(H,28,31). The number of nitrogens with one attached hydrogen (secondary N) is 1. The van der Waals surface area contributed by atoms with Gasteiger partial charge in [-0.15, -0.1) is 0 Å². The number of piperidine rings is 1. The number of sulfonamides is 1. The van der Waals surface area contributed by atoms with E-state index in [4.69, 9.17) is 0 Å². The van der Waals surface area contributed by atoms with Crippen LogP contribution in [0.15, 0.2) is 89.8 Å². The van der Waals surface area contributed by atoms with Crippen LogP contribution < -0.4 is 9.62 Å². The van der Waals surface area contributed by atoms with Crippen LogP contribution in [0.25, 0.3) is 0 Å². The van der Waals surface area contributed by atoms with Gasteiger partial charge in [-0.1, -0.05) is 60.7 Å². The highest BCUT2D eigenvalue weighted by Gasteiger charge is 2.28. The maximum atomic E-state index is 13.3. The summed E-state index contributed by atoms with van der Waals surface area (Å²) in [5.41, 5.74) is 2.05. The fraction of sp³-hybridized carbons (Fsp3) is 0.296. The molecule has 0 bridgehead atoms. The number of likely N-dealkylation sites (tertiary alicyclic amines) is 1. The van der Waals surface area contributed by atoms with E-state index in [1.54, 1.807) is 42.5 Å². The molecule has 1 amide bonds. The lowest BCUT2D eigenvalue weighted by Gasteiger charge is -2.32. The van der Waals surface area contributed by atoms with Crippen molar-refractivity contribution in [2.24, 2.45) is 0 Å². The van der Waals surface area contributed by atoms with Crippen molar-refractivity contribution in [3.05, 3.63) is 96.1 Å². The van der Waals surface area contributed by atoms with Crippen molar-refractivity contribution in [3.8, 4) is 0 Å². The zero-order valence-electron chi connectivity index (χ0n) is 19.4. The Balaban J connectivity index is 1.38. The van der Waals surface area contributed by atoms with Gasteiger partial charge in [0.15, 0.2) is 0 Å². The summed E-state index contributed by atoms with van der Waals surface area (Å²) < 4.78 is 27.9. The average Bonchev–Trinajstić information content (AvgIpc) is 2.89. The van der Waals surface area contributed by atoms with E-state index in [9.17, 15) is 13.2 Å². The van der Waals surface area contributed by atoms with Crippen molar-refractivity contribution in [3.63, 3.8) is 0 Å². The van der Waals surface area contributed by atoms with Crippen LogP contribution in [-0.4, -0.2) is 51.9 Å². The molecule has 1 aliphatic heterocycles. The van der Waals surface area contributed by atoms with E-state index in [1.807, 2.05) is 12.1 Å². The molecule has 7 heteroatoms. The normalized spacial score (nSPS) is 15.1. The highest BCUT2D eigenvalue weighted by Crippen LogP contribution is 2.25. The molecule has 0 saturated carbocycles. The molecule has 1 aliphatic rings. The first kappa shape index (κ1) is 24.0.